The van der Waals surface area contributed by atoms with Gasteiger partial charge in [-0.3, -0.25) is 4.79 Å². The zero-order valence-corrected chi connectivity index (χ0v) is 13.7. The van der Waals surface area contributed by atoms with Crippen LogP contribution < -0.4 is 4.90 Å². The van der Waals surface area contributed by atoms with E-state index in [1.165, 1.54) is 0 Å². The smallest absolute Gasteiger partial charge is 0.248 e. The summed E-state index contributed by atoms with van der Waals surface area (Å²) in [5.74, 6) is 0.0701. The Morgan fingerprint density at radius 1 is 1.14 bits per heavy atom. The van der Waals surface area contributed by atoms with E-state index >= 15 is 0 Å². The Morgan fingerprint density at radius 2 is 1.71 bits per heavy atom. The molecule has 1 saturated heterocycles. The van der Waals surface area contributed by atoms with Crippen LogP contribution in [0.1, 0.15) is 20.8 Å². The number of carbonyl (C=O) groups excluding carboxylic acids is 1. The Kier molecular flexibility index (Phi) is 5.12. The first-order valence-electron chi connectivity index (χ1n) is 7.27. The Hall–Kier alpha value is -1.26. The predicted octanol–water partition coefficient (Wildman–Crippen LogP) is 2.80. The maximum Gasteiger partial charge on any atom is 0.248 e. The molecule has 1 aliphatic rings. The van der Waals surface area contributed by atoms with Crippen LogP contribution in [-0.2, 0) is 9.53 Å². The summed E-state index contributed by atoms with van der Waals surface area (Å²) in [7, 11) is 0. The monoisotopic (exact) mass is 310 g/mol. The molecule has 0 saturated carbocycles. The van der Waals surface area contributed by atoms with Crippen molar-refractivity contribution in [1.82, 2.24) is 4.90 Å². The van der Waals surface area contributed by atoms with E-state index in [-0.39, 0.29) is 18.1 Å². The first kappa shape index (κ1) is 16.1. The maximum atomic E-state index is 12.1. The topological polar surface area (TPSA) is 32.8 Å². The van der Waals surface area contributed by atoms with Gasteiger partial charge in [0.15, 0.2) is 0 Å². The lowest BCUT2D eigenvalue weighted by atomic mass is 10.2. The van der Waals surface area contributed by atoms with Crippen molar-refractivity contribution in [2.45, 2.75) is 26.4 Å². The van der Waals surface area contributed by atoms with Gasteiger partial charge >= 0.3 is 0 Å². The normalized spacial score (nSPS) is 16.2. The second kappa shape index (κ2) is 6.67. The van der Waals surface area contributed by atoms with Crippen LogP contribution in [0.25, 0.3) is 0 Å². The third-order valence-electron chi connectivity index (χ3n) is 3.45. The highest BCUT2D eigenvalue weighted by Gasteiger charge is 2.22. The molecular weight excluding hydrogens is 288 g/mol. The summed E-state index contributed by atoms with van der Waals surface area (Å²) in [4.78, 5) is 16.2. The van der Waals surface area contributed by atoms with Crippen molar-refractivity contribution in [3.63, 3.8) is 0 Å². The number of amides is 1. The molecule has 0 aromatic heterocycles. The van der Waals surface area contributed by atoms with Crippen molar-refractivity contribution >= 4 is 23.2 Å². The van der Waals surface area contributed by atoms with Crippen molar-refractivity contribution in [1.29, 1.82) is 0 Å². The molecule has 0 unspecified atom stereocenters. The van der Waals surface area contributed by atoms with Crippen molar-refractivity contribution < 1.29 is 9.53 Å². The summed E-state index contributed by atoms with van der Waals surface area (Å²) in [6.07, 6.45) is 0. The molecule has 1 fully saturated rings. The van der Waals surface area contributed by atoms with Crippen LogP contribution in [-0.4, -0.2) is 49.2 Å². The average Bonchev–Trinajstić information content (AvgIpc) is 2.45. The van der Waals surface area contributed by atoms with Crippen molar-refractivity contribution in [2.75, 3.05) is 37.7 Å². The van der Waals surface area contributed by atoms with Crippen LogP contribution >= 0.6 is 11.6 Å². The third kappa shape index (κ3) is 4.90. The fourth-order valence-electron chi connectivity index (χ4n) is 2.24. The zero-order chi connectivity index (χ0) is 15.5. The fraction of sp³-hybridized carbons (Fsp3) is 0.562. The number of benzene rings is 1. The summed E-state index contributed by atoms with van der Waals surface area (Å²) >= 11 is 5.90. The van der Waals surface area contributed by atoms with Gasteiger partial charge in [0.05, 0.1) is 5.60 Å². The van der Waals surface area contributed by atoms with E-state index in [1.807, 2.05) is 49.9 Å². The number of hydrogen-bond donors (Lipinski definition) is 0. The van der Waals surface area contributed by atoms with E-state index in [1.54, 1.807) is 0 Å². The Labute approximate surface area is 131 Å². The molecule has 5 heteroatoms. The summed E-state index contributed by atoms with van der Waals surface area (Å²) in [5, 5.41) is 0.742. The van der Waals surface area contributed by atoms with Gasteiger partial charge in [-0.1, -0.05) is 11.6 Å². The first-order valence-corrected chi connectivity index (χ1v) is 7.65. The molecule has 0 atom stereocenters. The highest BCUT2D eigenvalue weighted by atomic mass is 35.5. The van der Waals surface area contributed by atoms with Crippen molar-refractivity contribution in [2.24, 2.45) is 0 Å². The van der Waals surface area contributed by atoms with Gasteiger partial charge in [-0.2, -0.15) is 0 Å². The van der Waals surface area contributed by atoms with Gasteiger partial charge in [-0.25, -0.2) is 0 Å². The van der Waals surface area contributed by atoms with Gasteiger partial charge in [0, 0.05) is 36.9 Å². The highest BCUT2D eigenvalue weighted by molar-refractivity contribution is 6.30. The molecule has 0 radical (unpaired) electrons. The van der Waals surface area contributed by atoms with Crippen LogP contribution in [0.15, 0.2) is 24.3 Å². The molecule has 2 rings (SSSR count). The van der Waals surface area contributed by atoms with E-state index in [2.05, 4.69) is 4.90 Å². The van der Waals surface area contributed by atoms with E-state index in [4.69, 9.17) is 16.3 Å². The van der Waals surface area contributed by atoms with Gasteiger partial charge in [0.1, 0.15) is 6.61 Å². The Balaban J connectivity index is 1.82. The minimum absolute atomic E-state index is 0.0701. The largest absolute Gasteiger partial charge is 0.368 e. The van der Waals surface area contributed by atoms with E-state index in [9.17, 15) is 4.79 Å². The summed E-state index contributed by atoms with van der Waals surface area (Å²) in [6.45, 7) is 9.16. The van der Waals surface area contributed by atoms with Gasteiger partial charge in [0.25, 0.3) is 0 Å². The molecule has 116 valence electrons. The van der Waals surface area contributed by atoms with Crippen LogP contribution in [0.4, 0.5) is 5.69 Å². The van der Waals surface area contributed by atoms with E-state index < -0.39 is 0 Å². The van der Waals surface area contributed by atoms with E-state index in [0.29, 0.717) is 0 Å². The Bertz CT molecular complexity index is 474. The highest BCUT2D eigenvalue weighted by Crippen LogP contribution is 2.19. The standard InChI is InChI=1S/C16H23ClN2O2/c1-16(2,3)21-12-15(20)19-10-8-18(9-11-19)14-6-4-13(17)5-7-14/h4-7H,8-12H2,1-3H3. The summed E-state index contributed by atoms with van der Waals surface area (Å²) < 4.78 is 5.55. The molecule has 0 N–H and O–H groups in total. The third-order valence-corrected chi connectivity index (χ3v) is 3.70. The Morgan fingerprint density at radius 3 is 2.24 bits per heavy atom. The summed E-state index contributed by atoms with van der Waals surface area (Å²) in [5.41, 5.74) is 0.873. The second-order valence-corrected chi connectivity index (χ2v) is 6.68. The van der Waals surface area contributed by atoms with Gasteiger partial charge < -0.3 is 14.5 Å². The molecule has 1 aliphatic heterocycles. The maximum absolute atomic E-state index is 12.1. The fourth-order valence-corrected chi connectivity index (χ4v) is 2.36. The number of nitrogens with zero attached hydrogens (tertiary/aromatic N) is 2. The number of hydrogen-bond acceptors (Lipinski definition) is 3. The molecule has 1 aromatic carbocycles. The van der Waals surface area contributed by atoms with Crippen LogP contribution in [0.3, 0.4) is 0 Å². The minimum atomic E-state index is -0.277. The predicted molar refractivity (Wildman–Crippen MR) is 86.0 cm³/mol. The SMILES string of the molecule is CC(C)(C)OCC(=O)N1CCN(c2ccc(Cl)cc2)CC1. The molecule has 1 aromatic rings. The van der Waals surface area contributed by atoms with Gasteiger partial charge in [-0.15, -0.1) is 0 Å². The number of anilines is 1. The molecule has 1 amide bonds. The number of piperazine rings is 1. The molecule has 0 bridgehead atoms. The molecular formula is C16H23ClN2O2. The lowest BCUT2D eigenvalue weighted by Gasteiger charge is -2.36. The number of rotatable bonds is 3. The number of carbonyl (C=O) groups is 1. The molecule has 0 aliphatic carbocycles. The van der Waals surface area contributed by atoms with Crippen LogP contribution in [0.5, 0.6) is 0 Å². The molecule has 21 heavy (non-hydrogen) atoms. The van der Waals surface area contributed by atoms with E-state index in [0.717, 1.165) is 36.9 Å². The average molecular weight is 311 g/mol. The quantitative estimate of drug-likeness (QED) is 0.860. The van der Waals surface area contributed by atoms with Crippen molar-refractivity contribution in [3.8, 4) is 0 Å². The lowest BCUT2D eigenvalue weighted by molar-refractivity contribution is -0.141. The molecule has 4 nitrogen and oxygen atoms in total. The van der Waals surface area contributed by atoms with Crippen LogP contribution in [0.2, 0.25) is 5.02 Å². The van der Waals surface area contributed by atoms with Gasteiger partial charge in [-0.05, 0) is 45.0 Å². The van der Waals surface area contributed by atoms with Gasteiger partial charge in [0.2, 0.25) is 5.91 Å². The minimum Gasteiger partial charge on any atom is -0.368 e. The summed E-state index contributed by atoms with van der Waals surface area (Å²) in [6, 6.07) is 7.82. The number of halogens is 1. The zero-order valence-electron chi connectivity index (χ0n) is 12.9. The first-order chi connectivity index (χ1) is 9.85. The van der Waals surface area contributed by atoms with Crippen molar-refractivity contribution in [3.05, 3.63) is 29.3 Å². The lowest BCUT2D eigenvalue weighted by Crippen LogP contribution is -2.50. The molecule has 1 heterocycles. The second-order valence-electron chi connectivity index (χ2n) is 6.25. The van der Waals surface area contributed by atoms with Crippen LogP contribution in [0, 0.1) is 0 Å². The molecule has 0 spiro atoms. The number of ether oxygens (including phenoxy) is 1.